The molecule has 0 aliphatic heterocycles. The predicted molar refractivity (Wildman–Crippen MR) is 72.1 cm³/mol. The fourth-order valence-electron chi connectivity index (χ4n) is 1.79. The third-order valence-corrected chi connectivity index (χ3v) is 3.62. The standard InChI is InChI=1S/C13H10N2O3S/c1-17-10(16)6-19-13-12-11(14-7-15-13)8-4-2-3-5-9(8)18-12/h2-5,7H,6H2,1H3. The lowest BCUT2D eigenvalue weighted by Gasteiger charge is -1.99. The second kappa shape index (κ2) is 4.89. The number of furan rings is 1. The van der Waals surface area contributed by atoms with E-state index >= 15 is 0 Å². The van der Waals surface area contributed by atoms with Gasteiger partial charge in [-0.2, -0.15) is 0 Å². The molecule has 3 aromatic rings. The van der Waals surface area contributed by atoms with Gasteiger partial charge in [-0.05, 0) is 12.1 Å². The summed E-state index contributed by atoms with van der Waals surface area (Å²) >= 11 is 1.28. The summed E-state index contributed by atoms with van der Waals surface area (Å²) in [6.45, 7) is 0. The molecule has 0 unspecified atom stereocenters. The van der Waals surface area contributed by atoms with Crippen molar-refractivity contribution in [3.63, 3.8) is 0 Å². The molecule has 2 aromatic heterocycles. The van der Waals surface area contributed by atoms with E-state index < -0.39 is 0 Å². The molecule has 0 aliphatic carbocycles. The Bertz CT molecular complexity index is 754. The van der Waals surface area contributed by atoms with Gasteiger partial charge in [0.1, 0.15) is 22.5 Å². The number of methoxy groups -OCH3 is 1. The van der Waals surface area contributed by atoms with Crippen molar-refractivity contribution < 1.29 is 13.9 Å². The van der Waals surface area contributed by atoms with Gasteiger partial charge < -0.3 is 9.15 Å². The number of esters is 1. The topological polar surface area (TPSA) is 65.2 Å². The highest BCUT2D eigenvalue weighted by Gasteiger charge is 2.14. The third kappa shape index (κ3) is 2.15. The highest BCUT2D eigenvalue weighted by atomic mass is 32.2. The van der Waals surface area contributed by atoms with Crippen molar-refractivity contribution in [2.24, 2.45) is 0 Å². The van der Waals surface area contributed by atoms with Crippen LogP contribution in [0.5, 0.6) is 0 Å². The number of nitrogens with zero attached hydrogens (tertiary/aromatic N) is 2. The Balaban J connectivity index is 2.07. The van der Waals surface area contributed by atoms with Crippen LogP contribution in [-0.4, -0.2) is 28.8 Å². The van der Waals surface area contributed by atoms with Gasteiger partial charge in [0, 0.05) is 5.39 Å². The summed E-state index contributed by atoms with van der Waals surface area (Å²) in [7, 11) is 1.36. The molecule has 96 valence electrons. The van der Waals surface area contributed by atoms with Gasteiger partial charge in [0.05, 0.1) is 12.9 Å². The molecular formula is C13H10N2O3S. The van der Waals surface area contributed by atoms with Crippen molar-refractivity contribution >= 4 is 39.8 Å². The molecule has 0 radical (unpaired) electrons. The fourth-order valence-corrected chi connectivity index (χ4v) is 2.56. The van der Waals surface area contributed by atoms with Crippen LogP contribution in [0.2, 0.25) is 0 Å². The van der Waals surface area contributed by atoms with Gasteiger partial charge in [-0.3, -0.25) is 4.79 Å². The SMILES string of the molecule is COC(=O)CSc1ncnc2c1oc1ccccc12. The zero-order valence-corrected chi connectivity index (χ0v) is 10.9. The van der Waals surface area contributed by atoms with Crippen LogP contribution < -0.4 is 0 Å². The number of para-hydroxylation sites is 1. The number of ether oxygens (including phenoxy) is 1. The summed E-state index contributed by atoms with van der Waals surface area (Å²) in [5.41, 5.74) is 2.13. The van der Waals surface area contributed by atoms with Gasteiger partial charge in [-0.15, -0.1) is 0 Å². The highest BCUT2D eigenvalue weighted by Crippen LogP contribution is 2.32. The van der Waals surface area contributed by atoms with Crippen molar-refractivity contribution in [3.05, 3.63) is 30.6 Å². The lowest BCUT2D eigenvalue weighted by molar-refractivity contribution is -0.137. The van der Waals surface area contributed by atoms with Crippen molar-refractivity contribution in [3.8, 4) is 0 Å². The summed E-state index contributed by atoms with van der Waals surface area (Å²) in [4.78, 5) is 19.6. The summed E-state index contributed by atoms with van der Waals surface area (Å²) in [6, 6.07) is 7.66. The zero-order chi connectivity index (χ0) is 13.2. The summed E-state index contributed by atoms with van der Waals surface area (Å²) < 4.78 is 10.4. The number of carbonyl (C=O) groups excluding carboxylic acids is 1. The van der Waals surface area contributed by atoms with Crippen LogP contribution in [0.3, 0.4) is 0 Å². The van der Waals surface area contributed by atoms with Crippen LogP contribution in [-0.2, 0) is 9.53 Å². The monoisotopic (exact) mass is 274 g/mol. The molecule has 0 atom stereocenters. The molecule has 2 heterocycles. The third-order valence-electron chi connectivity index (χ3n) is 2.68. The van der Waals surface area contributed by atoms with E-state index in [9.17, 15) is 4.79 Å². The number of hydrogen-bond donors (Lipinski definition) is 0. The first-order chi connectivity index (χ1) is 9.29. The minimum atomic E-state index is -0.298. The molecule has 0 bridgehead atoms. The largest absolute Gasteiger partial charge is 0.468 e. The van der Waals surface area contributed by atoms with Gasteiger partial charge in [-0.25, -0.2) is 9.97 Å². The molecule has 5 nitrogen and oxygen atoms in total. The molecule has 0 saturated carbocycles. The van der Waals surface area contributed by atoms with Gasteiger partial charge in [-0.1, -0.05) is 23.9 Å². The average molecular weight is 274 g/mol. The van der Waals surface area contributed by atoms with E-state index in [1.807, 2.05) is 24.3 Å². The van der Waals surface area contributed by atoms with Crippen molar-refractivity contribution in [2.45, 2.75) is 5.03 Å². The number of aromatic nitrogens is 2. The first kappa shape index (κ1) is 12.0. The van der Waals surface area contributed by atoms with E-state index in [4.69, 9.17) is 4.42 Å². The first-order valence-electron chi connectivity index (χ1n) is 5.61. The molecule has 0 amide bonds. The minimum absolute atomic E-state index is 0.194. The van der Waals surface area contributed by atoms with Crippen molar-refractivity contribution in [2.75, 3.05) is 12.9 Å². The number of rotatable bonds is 3. The van der Waals surface area contributed by atoms with Crippen LogP contribution >= 0.6 is 11.8 Å². The smallest absolute Gasteiger partial charge is 0.316 e. The normalized spacial score (nSPS) is 11.0. The van der Waals surface area contributed by atoms with Crippen LogP contribution in [0.1, 0.15) is 0 Å². The van der Waals surface area contributed by atoms with Crippen LogP contribution in [0.25, 0.3) is 22.1 Å². The maximum absolute atomic E-state index is 11.2. The van der Waals surface area contributed by atoms with Crippen molar-refractivity contribution in [1.29, 1.82) is 0 Å². The second-order valence-electron chi connectivity index (χ2n) is 3.82. The van der Waals surface area contributed by atoms with Crippen LogP contribution in [0.4, 0.5) is 0 Å². The zero-order valence-electron chi connectivity index (χ0n) is 10.1. The Morgan fingerprint density at radius 2 is 2.21 bits per heavy atom. The van der Waals surface area contributed by atoms with Gasteiger partial charge in [0.25, 0.3) is 0 Å². The van der Waals surface area contributed by atoms with E-state index in [0.29, 0.717) is 10.6 Å². The number of thioether (sulfide) groups is 1. The molecule has 3 rings (SSSR count). The highest BCUT2D eigenvalue weighted by molar-refractivity contribution is 8.00. The molecular weight excluding hydrogens is 264 g/mol. The lowest BCUT2D eigenvalue weighted by atomic mass is 10.2. The van der Waals surface area contributed by atoms with E-state index in [2.05, 4.69) is 14.7 Å². The Morgan fingerprint density at radius 3 is 3.05 bits per heavy atom. The van der Waals surface area contributed by atoms with Gasteiger partial charge in [0.2, 0.25) is 0 Å². The Morgan fingerprint density at radius 1 is 1.37 bits per heavy atom. The molecule has 0 fully saturated rings. The Hall–Kier alpha value is -2.08. The van der Waals surface area contributed by atoms with Crippen LogP contribution in [0, 0.1) is 0 Å². The number of fused-ring (bicyclic) bond motifs is 3. The predicted octanol–water partition coefficient (Wildman–Crippen LogP) is 2.64. The Kier molecular flexibility index (Phi) is 3.08. The molecule has 0 saturated heterocycles. The quantitative estimate of drug-likeness (QED) is 0.415. The molecule has 19 heavy (non-hydrogen) atoms. The average Bonchev–Trinajstić information content (AvgIpc) is 2.84. The van der Waals surface area contributed by atoms with E-state index in [-0.39, 0.29) is 11.7 Å². The second-order valence-corrected chi connectivity index (χ2v) is 4.78. The van der Waals surface area contributed by atoms with Gasteiger partial charge in [0.15, 0.2) is 5.58 Å². The number of carbonyl (C=O) groups is 1. The first-order valence-corrected chi connectivity index (χ1v) is 6.60. The van der Waals surface area contributed by atoms with Gasteiger partial charge >= 0.3 is 5.97 Å². The summed E-state index contributed by atoms with van der Waals surface area (Å²) in [5.74, 6) is -0.104. The molecule has 1 aromatic carbocycles. The lowest BCUT2D eigenvalue weighted by Crippen LogP contribution is -2.03. The maximum atomic E-state index is 11.2. The number of benzene rings is 1. The minimum Gasteiger partial charge on any atom is -0.468 e. The fraction of sp³-hybridized carbons (Fsp3) is 0.154. The molecule has 0 aliphatic rings. The molecule has 0 N–H and O–H groups in total. The summed E-state index contributed by atoms with van der Waals surface area (Å²) in [6.07, 6.45) is 1.48. The van der Waals surface area contributed by atoms with Crippen LogP contribution in [0.15, 0.2) is 40.0 Å². The van der Waals surface area contributed by atoms with E-state index in [1.165, 1.54) is 25.2 Å². The van der Waals surface area contributed by atoms with Crippen molar-refractivity contribution in [1.82, 2.24) is 9.97 Å². The van der Waals surface area contributed by atoms with E-state index in [0.717, 1.165) is 16.5 Å². The summed E-state index contributed by atoms with van der Waals surface area (Å²) in [5, 5.41) is 1.59. The maximum Gasteiger partial charge on any atom is 0.316 e. The molecule has 6 heteroatoms. The Labute approximate surface area is 113 Å². The number of hydrogen-bond acceptors (Lipinski definition) is 6. The van der Waals surface area contributed by atoms with E-state index in [1.54, 1.807) is 0 Å². The molecule has 0 spiro atoms.